The summed E-state index contributed by atoms with van der Waals surface area (Å²) in [4.78, 5) is 19.4. The number of rotatable bonds is 6. The minimum Gasteiger partial charge on any atom is -0.481 e. The molecule has 0 spiro atoms. The molecule has 8 heteroatoms. The van der Waals surface area contributed by atoms with Crippen molar-refractivity contribution in [1.29, 1.82) is 0 Å². The molecule has 8 nitrogen and oxygen atoms in total. The van der Waals surface area contributed by atoms with Crippen LogP contribution in [-0.2, 0) is 4.74 Å². The van der Waals surface area contributed by atoms with Crippen LogP contribution in [-0.4, -0.2) is 47.2 Å². The fourth-order valence-corrected chi connectivity index (χ4v) is 3.75. The highest BCUT2D eigenvalue weighted by molar-refractivity contribution is 5.59. The minimum atomic E-state index is -1.28. The first-order valence-electron chi connectivity index (χ1n) is 7.54. The van der Waals surface area contributed by atoms with E-state index in [4.69, 9.17) is 24.1 Å². The molecule has 126 valence electrons. The molecule has 1 aromatic rings. The third kappa shape index (κ3) is 2.42. The van der Waals surface area contributed by atoms with E-state index in [1.807, 2.05) is 6.92 Å². The molecule has 0 bridgehead atoms. The van der Waals surface area contributed by atoms with Crippen LogP contribution in [0.3, 0.4) is 0 Å². The molecule has 3 atom stereocenters. The second kappa shape index (κ2) is 5.43. The molecule has 0 radical (unpaired) electrons. The van der Waals surface area contributed by atoms with Crippen molar-refractivity contribution in [3.05, 3.63) is 6.07 Å². The number of aromatic nitrogens is 2. The Labute approximate surface area is 133 Å². The molecule has 1 aromatic heterocycles. The van der Waals surface area contributed by atoms with Gasteiger partial charge in [0.15, 0.2) is 5.60 Å². The highest BCUT2D eigenvalue weighted by Gasteiger charge is 2.78. The van der Waals surface area contributed by atoms with Gasteiger partial charge in [-0.3, -0.25) is 0 Å². The number of carboxylic acid groups (broad SMARTS) is 1. The first-order valence-corrected chi connectivity index (χ1v) is 7.54. The van der Waals surface area contributed by atoms with Crippen molar-refractivity contribution in [2.75, 3.05) is 14.2 Å². The molecule has 2 aliphatic rings. The van der Waals surface area contributed by atoms with E-state index in [-0.39, 0.29) is 11.4 Å². The zero-order chi connectivity index (χ0) is 16.7. The van der Waals surface area contributed by atoms with Crippen LogP contribution in [0.2, 0.25) is 0 Å². The van der Waals surface area contributed by atoms with Crippen LogP contribution in [0.1, 0.15) is 32.6 Å². The molecular weight excluding hydrogens is 304 g/mol. The lowest BCUT2D eigenvalue weighted by molar-refractivity contribution is -0.0310. The van der Waals surface area contributed by atoms with E-state index in [2.05, 4.69) is 9.97 Å². The van der Waals surface area contributed by atoms with Gasteiger partial charge in [-0.25, -0.2) is 4.79 Å². The molecule has 2 saturated carbocycles. The topological polar surface area (TPSA) is 100 Å². The zero-order valence-corrected chi connectivity index (χ0v) is 13.4. The first kappa shape index (κ1) is 15.6. The number of carbonyl (C=O) groups is 1. The van der Waals surface area contributed by atoms with Crippen molar-refractivity contribution in [3.8, 4) is 17.8 Å². The maximum absolute atomic E-state index is 11.1. The maximum Gasteiger partial charge on any atom is 0.506 e. The lowest BCUT2D eigenvalue weighted by Crippen LogP contribution is -2.37. The van der Waals surface area contributed by atoms with Crippen molar-refractivity contribution in [2.45, 2.75) is 44.3 Å². The van der Waals surface area contributed by atoms with Crippen LogP contribution in [0, 0.1) is 5.41 Å². The summed E-state index contributed by atoms with van der Waals surface area (Å²) in [5.41, 5.74) is -0.924. The molecule has 0 aliphatic heterocycles. The first-order chi connectivity index (χ1) is 11.0. The lowest BCUT2D eigenvalue weighted by atomic mass is 10.00. The van der Waals surface area contributed by atoms with Crippen molar-refractivity contribution >= 4 is 6.16 Å². The average molecular weight is 324 g/mol. The number of hydrogen-bond acceptors (Lipinski definition) is 7. The second-order valence-corrected chi connectivity index (χ2v) is 5.95. The Morgan fingerprint density at radius 1 is 1.35 bits per heavy atom. The van der Waals surface area contributed by atoms with Gasteiger partial charge in [0.25, 0.3) is 0 Å². The largest absolute Gasteiger partial charge is 0.506 e. The number of methoxy groups -OCH3 is 2. The van der Waals surface area contributed by atoms with Gasteiger partial charge in [-0.2, -0.15) is 9.97 Å². The molecule has 0 aromatic carbocycles. The van der Waals surface area contributed by atoms with Gasteiger partial charge in [-0.05, 0) is 19.3 Å². The van der Waals surface area contributed by atoms with E-state index in [1.165, 1.54) is 14.2 Å². The number of fused-ring (bicyclic) bond motifs is 1. The van der Waals surface area contributed by atoms with Crippen molar-refractivity contribution in [1.82, 2.24) is 9.97 Å². The SMILES string of the molecule is CCC12CCC(Oc3nc(OC)cc(OC)n3)C1(OC(=O)O)C2. The minimum absolute atomic E-state index is 0.0957. The normalized spacial score (nSPS) is 31.2. The smallest absolute Gasteiger partial charge is 0.481 e. The standard InChI is InChI=1S/C15H20N2O6/c1-4-14-6-5-9(15(14,8-14)23-13(18)19)22-12-16-10(20-2)7-11(17-12)21-3/h7,9H,4-6,8H2,1-3H3,(H,18,19). The fourth-order valence-electron chi connectivity index (χ4n) is 3.75. The molecule has 1 N–H and O–H groups in total. The molecule has 23 heavy (non-hydrogen) atoms. The zero-order valence-electron chi connectivity index (χ0n) is 13.4. The van der Waals surface area contributed by atoms with Crippen LogP contribution < -0.4 is 14.2 Å². The van der Waals surface area contributed by atoms with E-state index in [9.17, 15) is 4.79 Å². The maximum atomic E-state index is 11.1. The van der Waals surface area contributed by atoms with E-state index in [0.717, 1.165) is 12.8 Å². The third-order valence-electron chi connectivity index (χ3n) is 5.05. The molecule has 3 rings (SSSR count). The number of hydrogen-bond donors (Lipinski definition) is 1. The van der Waals surface area contributed by atoms with Gasteiger partial charge in [0, 0.05) is 11.8 Å². The number of nitrogens with zero attached hydrogens (tertiary/aromatic N) is 2. The lowest BCUT2D eigenvalue weighted by Gasteiger charge is -2.23. The van der Waals surface area contributed by atoms with Gasteiger partial charge >= 0.3 is 12.2 Å². The van der Waals surface area contributed by atoms with Crippen LogP contribution in [0.15, 0.2) is 6.07 Å². The molecule has 1 heterocycles. The summed E-state index contributed by atoms with van der Waals surface area (Å²) < 4.78 is 21.3. The summed E-state index contributed by atoms with van der Waals surface area (Å²) in [6.45, 7) is 2.04. The van der Waals surface area contributed by atoms with E-state index in [0.29, 0.717) is 24.6 Å². The van der Waals surface area contributed by atoms with E-state index >= 15 is 0 Å². The van der Waals surface area contributed by atoms with Crippen molar-refractivity contribution in [2.24, 2.45) is 5.41 Å². The quantitative estimate of drug-likeness (QED) is 0.795. The van der Waals surface area contributed by atoms with Gasteiger partial charge in [0.05, 0.1) is 20.3 Å². The monoisotopic (exact) mass is 324 g/mol. The van der Waals surface area contributed by atoms with Gasteiger partial charge in [-0.1, -0.05) is 6.92 Å². The van der Waals surface area contributed by atoms with Crippen LogP contribution >= 0.6 is 0 Å². The van der Waals surface area contributed by atoms with Crippen LogP contribution in [0.25, 0.3) is 0 Å². The van der Waals surface area contributed by atoms with Crippen LogP contribution in [0.4, 0.5) is 4.79 Å². The summed E-state index contributed by atoms with van der Waals surface area (Å²) in [6, 6.07) is 1.64. The highest BCUT2D eigenvalue weighted by atomic mass is 16.7. The van der Waals surface area contributed by atoms with Gasteiger partial charge in [-0.15, -0.1) is 0 Å². The Morgan fingerprint density at radius 2 is 2.00 bits per heavy atom. The molecular formula is C15H20N2O6. The highest BCUT2D eigenvalue weighted by Crippen LogP contribution is 2.71. The van der Waals surface area contributed by atoms with Gasteiger partial charge < -0.3 is 24.1 Å². The Hall–Kier alpha value is -2.25. The molecule has 2 fully saturated rings. The summed E-state index contributed by atoms with van der Waals surface area (Å²) >= 11 is 0. The Morgan fingerprint density at radius 3 is 2.48 bits per heavy atom. The van der Waals surface area contributed by atoms with Crippen molar-refractivity contribution in [3.63, 3.8) is 0 Å². The predicted octanol–water partition coefficient (Wildman–Crippen LogP) is 2.27. The van der Waals surface area contributed by atoms with E-state index < -0.39 is 17.9 Å². The predicted molar refractivity (Wildman–Crippen MR) is 78.0 cm³/mol. The second-order valence-electron chi connectivity index (χ2n) is 5.95. The number of ether oxygens (including phenoxy) is 4. The van der Waals surface area contributed by atoms with Gasteiger partial charge in [0.2, 0.25) is 11.8 Å². The Bertz CT molecular complexity index is 602. The van der Waals surface area contributed by atoms with E-state index in [1.54, 1.807) is 6.07 Å². The Balaban J connectivity index is 1.84. The van der Waals surface area contributed by atoms with Crippen molar-refractivity contribution < 1.29 is 28.8 Å². The summed E-state index contributed by atoms with van der Waals surface area (Å²) in [5.74, 6) is 0.631. The summed E-state index contributed by atoms with van der Waals surface area (Å²) in [7, 11) is 2.97. The molecule has 3 unspecified atom stereocenters. The summed E-state index contributed by atoms with van der Waals surface area (Å²) in [6.07, 6.45) is 1.40. The summed E-state index contributed by atoms with van der Waals surface area (Å²) in [5, 5.41) is 9.07. The molecule has 0 amide bonds. The van der Waals surface area contributed by atoms with Crippen LogP contribution in [0.5, 0.6) is 17.8 Å². The molecule has 2 aliphatic carbocycles. The average Bonchev–Trinajstić information content (AvgIpc) is 3.09. The third-order valence-corrected chi connectivity index (χ3v) is 5.05. The van der Waals surface area contributed by atoms with Gasteiger partial charge in [0.1, 0.15) is 6.10 Å². The fraction of sp³-hybridized carbons (Fsp3) is 0.667. The molecule has 0 saturated heterocycles. The Kier molecular flexibility index (Phi) is 3.69.